The topological polar surface area (TPSA) is 58.9 Å². The minimum Gasteiger partial charge on any atom is -0.387 e. The maximum absolute atomic E-state index is 11.1. The van der Waals surface area contributed by atoms with Crippen molar-refractivity contribution in [1.82, 2.24) is 0 Å². The molecule has 0 aromatic heterocycles. The van der Waals surface area contributed by atoms with E-state index in [2.05, 4.69) is 140 Å². The maximum Gasteiger partial charge on any atom is 0.120 e. The summed E-state index contributed by atoms with van der Waals surface area (Å²) in [7, 11) is 0. The molecular weight excluding hydrogens is 544 g/mol. The summed E-state index contributed by atoms with van der Waals surface area (Å²) >= 11 is 0. The van der Waals surface area contributed by atoms with Crippen LogP contribution in [0.5, 0.6) is 0 Å². The maximum atomic E-state index is 11.1. The van der Waals surface area contributed by atoms with E-state index < -0.39 is 22.4 Å². The van der Waals surface area contributed by atoms with Gasteiger partial charge in [-0.25, -0.2) is 0 Å². The van der Waals surface area contributed by atoms with Gasteiger partial charge in [0.2, 0.25) is 0 Å². The molecule has 0 aromatic rings. The van der Waals surface area contributed by atoms with Crippen LogP contribution in [0.1, 0.15) is 94.9 Å². The van der Waals surface area contributed by atoms with E-state index in [-0.39, 0.29) is 23.0 Å². The fourth-order valence-corrected chi connectivity index (χ4v) is 8.23. The lowest BCUT2D eigenvalue weighted by Gasteiger charge is -2.46. The number of allylic oxidation sites excluding steroid dienone is 16. The molecule has 0 unspecified atom stereocenters. The van der Waals surface area contributed by atoms with Crippen LogP contribution in [0.15, 0.2) is 107 Å². The lowest BCUT2D eigenvalue weighted by atomic mass is 9.61. The number of fused-ring (bicyclic) bond motifs is 4. The number of rotatable bonds is 10. The monoisotopic (exact) mass is 600 g/mol. The van der Waals surface area contributed by atoms with Crippen molar-refractivity contribution in [2.45, 2.75) is 130 Å². The zero-order chi connectivity index (χ0) is 32.6. The summed E-state index contributed by atoms with van der Waals surface area (Å²) in [5, 5.41) is 22.2. The molecule has 4 heterocycles. The van der Waals surface area contributed by atoms with Gasteiger partial charge in [-0.1, -0.05) is 123 Å². The van der Waals surface area contributed by atoms with Gasteiger partial charge in [0.05, 0.1) is 23.4 Å². The zero-order valence-electron chi connectivity index (χ0n) is 28.8. The lowest BCUT2D eigenvalue weighted by Crippen LogP contribution is -2.56. The van der Waals surface area contributed by atoms with Crippen molar-refractivity contribution < 1.29 is 19.7 Å². The third-order valence-corrected chi connectivity index (χ3v) is 10.5. The molecule has 4 bridgehead atoms. The number of hydrogen-bond donors (Lipinski definition) is 2. The van der Waals surface area contributed by atoms with Crippen LogP contribution in [0, 0.1) is 10.8 Å². The van der Waals surface area contributed by atoms with Gasteiger partial charge in [0.1, 0.15) is 11.2 Å². The van der Waals surface area contributed by atoms with Crippen LogP contribution in [0.25, 0.3) is 0 Å². The first kappa shape index (κ1) is 34.4. The summed E-state index contributed by atoms with van der Waals surface area (Å²) in [5.74, 6) is 0. The Kier molecular flexibility index (Phi) is 9.66. The second-order valence-corrected chi connectivity index (χ2v) is 15.5. The fraction of sp³-hybridized carbons (Fsp3) is 0.550. The quantitative estimate of drug-likeness (QED) is 0.246. The van der Waals surface area contributed by atoms with Gasteiger partial charge in [0.15, 0.2) is 0 Å². The van der Waals surface area contributed by atoms with E-state index in [9.17, 15) is 10.2 Å². The first-order valence-corrected chi connectivity index (χ1v) is 16.3. The molecule has 240 valence electrons. The van der Waals surface area contributed by atoms with Crippen molar-refractivity contribution in [1.29, 1.82) is 0 Å². The van der Waals surface area contributed by atoms with Crippen molar-refractivity contribution in [3.8, 4) is 0 Å². The fourth-order valence-electron chi connectivity index (χ4n) is 8.23. The van der Waals surface area contributed by atoms with E-state index in [0.29, 0.717) is 12.8 Å². The molecule has 0 saturated carbocycles. The predicted molar refractivity (Wildman–Crippen MR) is 183 cm³/mol. The molecule has 44 heavy (non-hydrogen) atoms. The zero-order valence-corrected chi connectivity index (χ0v) is 28.8. The normalized spacial score (nSPS) is 39.2. The smallest absolute Gasteiger partial charge is 0.120 e. The van der Waals surface area contributed by atoms with Crippen molar-refractivity contribution in [2.24, 2.45) is 10.8 Å². The van der Waals surface area contributed by atoms with Gasteiger partial charge in [0.25, 0.3) is 0 Å². The Hall–Kier alpha value is -2.50. The summed E-state index contributed by atoms with van der Waals surface area (Å²) in [4.78, 5) is 0. The molecular formula is C40H56O4. The Morgan fingerprint density at radius 2 is 0.818 bits per heavy atom. The van der Waals surface area contributed by atoms with E-state index in [1.165, 1.54) is 0 Å². The van der Waals surface area contributed by atoms with E-state index >= 15 is 0 Å². The molecule has 4 aliphatic heterocycles. The van der Waals surface area contributed by atoms with Crippen molar-refractivity contribution in [3.05, 3.63) is 107 Å². The van der Waals surface area contributed by atoms with Gasteiger partial charge >= 0.3 is 0 Å². The van der Waals surface area contributed by atoms with E-state index in [1.807, 2.05) is 13.8 Å². The van der Waals surface area contributed by atoms with Gasteiger partial charge in [-0.05, 0) is 66.5 Å². The lowest BCUT2D eigenvalue weighted by molar-refractivity contribution is -0.115. The second-order valence-electron chi connectivity index (χ2n) is 15.5. The van der Waals surface area contributed by atoms with Crippen LogP contribution in [0.3, 0.4) is 0 Å². The summed E-state index contributed by atoms with van der Waals surface area (Å²) < 4.78 is 12.6. The largest absolute Gasteiger partial charge is 0.387 e. The molecule has 4 nitrogen and oxygen atoms in total. The molecule has 4 heteroatoms. The Morgan fingerprint density at radius 1 is 0.500 bits per heavy atom. The van der Waals surface area contributed by atoms with E-state index in [0.717, 1.165) is 35.1 Å². The third-order valence-electron chi connectivity index (χ3n) is 10.5. The molecule has 0 spiro atoms. The third kappa shape index (κ3) is 6.56. The van der Waals surface area contributed by atoms with Crippen LogP contribution in [0.4, 0.5) is 0 Å². The van der Waals surface area contributed by atoms with Crippen molar-refractivity contribution in [2.75, 3.05) is 0 Å². The van der Waals surface area contributed by atoms with Gasteiger partial charge < -0.3 is 19.7 Å². The van der Waals surface area contributed by atoms with Crippen molar-refractivity contribution in [3.63, 3.8) is 0 Å². The van der Waals surface area contributed by atoms with Crippen LogP contribution in [0.2, 0.25) is 0 Å². The molecule has 0 amide bonds. The highest BCUT2D eigenvalue weighted by molar-refractivity contribution is 5.35. The van der Waals surface area contributed by atoms with Crippen LogP contribution in [-0.2, 0) is 9.47 Å². The number of aliphatic hydroxyl groups is 2. The number of ether oxygens (including phenoxy) is 2. The standard InChI is InChI=1S/C40H56O4/c1-29(17-13-19-31(3)21-23-39-35(5,6)25-33(43-39)27-37(39,9)41)15-11-12-16-30(2)18-14-20-32(4)22-24-40-36(7,8)26-34(44-40)28-38(40,10)42/h11-24,33-34,41-42H,25-28H2,1-10H3/t33-,34-,37+,38+,39-,40-/m0/s1. The highest BCUT2D eigenvalue weighted by Crippen LogP contribution is 2.61. The summed E-state index contributed by atoms with van der Waals surface area (Å²) in [6, 6.07) is 0. The predicted octanol–water partition coefficient (Wildman–Crippen LogP) is 8.97. The summed E-state index contributed by atoms with van der Waals surface area (Å²) in [5.41, 5.74) is 1.37. The second kappa shape index (κ2) is 12.4. The highest BCUT2D eigenvalue weighted by Gasteiger charge is 2.68. The van der Waals surface area contributed by atoms with Gasteiger partial charge in [-0.15, -0.1) is 0 Å². The summed E-state index contributed by atoms with van der Waals surface area (Å²) in [6.45, 7) is 20.9. The van der Waals surface area contributed by atoms with E-state index in [4.69, 9.17) is 9.47 Å². The SMILES string of the molecule is CC(C=CC=C(C)C=C[C@]12O[C@@H](CC1(C)C)C[C@@]2(C)O)=CC=CC=C(C)C=CC=C(C)C=C[C@]12O[C@@H](CC1(C)C)C[C@@]2(C)O. The number of hydrogen-bond acceptors (Lipinski definition) is 4. The molecule has 4 aliphatic rings. The van der Waals surface area contributed by atoms with Crippen LogP contribution >= 0.6 is 0 Å². The minimum absolute atomic E-state index is 0.0983. The molecule has 0 aromatic carbocycles. The van der Waals surface area contributed by atoms with Gasteiger partial charge in [0, 0.05) is 23.7 Å². The average molecular weight is 601 g/mol. The minimum atomic E-state index is -0.848. The van der Waals surface area contributed by atoms with Gasteiger partial charge in [-0.2, -0.15) is 0 Å². The Balaban J connectivity index is 1.28. The highest BCUT2D eigenvalue weighted by atomic mass is 16.6. The van der Waals surface area contributed by atoms with Crippen LogP contribution in [-0.4, -0.2) is 44.8 Å². The van der Waals surface area contributed by atoms with Crippen LogP contribution < -0.4 is 0 Å². The summed E-state index contributed by atoms with van der Waals surface area (Å²) in [6.07, 6.45) is 32.7. The molecule has 4 rings (SSSR count). The Bertz CT molecular complexity index is 1230. The van der Waals surface area contributed by atoms with Crippen molar-refractivity contribution >= 4 is 0 Å². The first-order chi connectivity index (χ1) is 20.4. The molecule has 2 N–H and O–H groups in total. The average Bonchev–Trinajstić information content (AvgIpc) is 3.50. The molecule has 4 fully saturated rings. The molecule has 4 saturated heterocycles. The Labute approximate surface area is 267 Å². The van der Waals surface area contributed by atoms with Gasteiger partial charge in [-0.3, -0.25) is 0 Å². The first-order valence-electron chi connectivity index (χ1n) is 16.3. The molecule has 0 aliphatic carbocycles. The molecule has 0 radical (unpaired) electrons. The Morgan fingerprint density at radius 3 is 1.14 bits per heavy atom. The molecule has 6 atom stereocenters. The van der Waals surface area contributed by atoms with E-state index in [1.54, 1.807) is 0 Å².